The number of carbonyl (C=O) groups excluding carboxylic acids is 4. The van der Waals surface area contributed by atoms with Gasteiger partial charge in [-0.2, -0.15) is 4.68 Å². The van der Waals surface area contributed by atoms with Crippen LogP contribution in [0.25, 0.3) is 5.69 Å². The lowest BCUT2D eigenvalue weighted by molar-refractivity contribution is -0.166. The summed E-state index contributed by atoms with van der Waals surface area (Å²) in [4.78, 5) is 60.0. The summed E-state index contributed by atoms with van der Waals surface area (Å²) < 4.78 is 12.2. The van der Waals surface area contributed by atoms with Crippen molar-refractivity contribution in [2.75, 3.05) is 62.8 Å². The minimum absolute atomic E-state index is 0.00772. The van der Waals surface area contributed by atoms with Crippen molar-refractivity contribution in [3.05, 3.63) is 59.4 Å². The third-order valence-electron chi connectivity index (χ3n) is 7.72. The van der Waals surface area contributed by atoms with E-state index in [9.17, 15) is 19.2 Å². The Kier molecular flexibility index (Phi) is 9.99. The van der Waals surface area contributed by atoms with Gasteiger partial charge in [-0.25, -0.2) is 4.79 Å². The van der Waals surface area contributed by atoms with Gasteiger partial charge in [0.25, 0.3) is 0 Å². The highest BCUT2D eigenvalue weighted by atomic mass is 35.5. The number of rotatable bonds is 10. The van der Waals surface area contributed by atoms with E-state index in [1.165, 1.54) is 20.8 Å². The molecule has 0 unspecified atom stereocenters. The van der Waals surface area contributed by atoms with Crippen LogP contribution in [0.5, 0.6) is 0 Å². The van der Waals surface area contributed by atoms with E-state index in [4.69, 9.17) is 21.1 Å². The Labute approximate surface area is 271 Å². The van der Waals surface area contributed by atoms with Crippen molar-refractivity contribution in [2.24, 2.45) is 0 Å². The Morgan fingerprint density at radius 2 is 1.70 bits per heavy atom. The summed E-state index contributed by atoms with van der Waals surface area (Å²) in [5.41, 5.74) is 1.48. The van der Waals surface area contributed by atoms with Gasteiger partial charge in [0.1, 0.15) is 18.0 Å². The summed E-state index contributed by atoms with van der Waals surface area (Å²) in [5, 5.41) is 11.6. The second-order valence-electron chi connectivity index (χ2n) is 12.1. The molecule has 2 aromatic carbocycles. The zero-order chi connectivity index (χ0) is 33.0. The van der Waals surface area contributed by atoms with E-state index in [2.05, 4.69) is 20.4 Å². The zero-order valence-corrected chi connectivity index (χ0v) is 27.0. The SMILES string of the molecule is COCCN1CCN(c2ccc(C[C@@H](C(=O)OC(C)(C)C)N3CCN(c4cc(Cl)ccc4-n4cnnn4)C(=O)C3=O)cc2)C(=O)C1. The highest BCUT2D eigenvalue weighted by Gasteiger charge is 2.42. The second-order valence-corrected chi connectivity index (χ2v) is 12.5. The van der Waals surface area contributed by atoms with Gasteiger partial charge < -0.3 is 24.2 Å². The third kappa shape index (κ3) is 7.52. The van der Waals surface area contributed by atoms with Gasteiger partial charge in [-0.05, 0) is 67.1 Å². The molecular weight excluding hydrogens is 616 g/mol. The molecule has 3 aromatic rings. The summed E-state index contributed by atoms with van der Waals surface area (Å²) in [6.45, 7) is 8.22. The number of hydrogen-bond acceptors (Lipinski definition) is 10. The van der Waals surface area contributed by atoms with E-state index in [1.807, 2.05) is 24.3 Å². The van der Waals surface area contributed by atoms with Crippen LogP contribution < -0.4 is 9.80 Å². The fourth-order valence-electron chi connectivity index (χ4n) is 5.49. The summed E-state index contributed by atoms with van der Waals surface area (Å²) in [5.74, 6) is -2.30. The average Bonchev–Trinajstić information content (AvgIpc) is 3.55. The van der Waals surface area contributed by atoms with Gasteiger partial charge >= 0.3 is 17.8 Å². The maximum absolute atomic E-state index is 13.7. The lowest BCUT2D eigenvalue weighted by atomic mass is 10.0. The molecule has 15 heteroatoms. The predicted molar refractivity (Wildman–Crippen MR) is 169 cm³/mol. The fourth-order valence-corrected chi connectivity index (χ4v) is 5.65. The molecule has 2 fully saturated rings. The predicted octanol–water partition coefficient (Wildman–Crippen LogP) is 1.74. The number of benzene rings is 2. The quantitative estimate of drug-likeness (QED) is 0.235. The van der Waals surface area contributed by atoms with Crippen LogP contribution in [0.4, 0.5) is 11.4 Å². The number of amides is 3. The van der Waals surface area contributed by atoms with Gasteiger partial charge in [-0.15, -0.1) is 5.10 Å². The number of esters is 1. The number of aromatic nitrogens is 4. The highest BCUT2D eigenvalue weighted by molar-refractivity contribution is 6.41. The van der Waals surface area contributed by atoms with Crippen LogP contribution in [0, 0.1) is 0 Å². The molecule has 2 aliphatic rings. The van der Waals surface area contributed by atoms with Gasteiger partial charge in [-0.1, -0.05) is 23.7 Å². The van der Waals surface area contributed by atoms with E-state index in [0.717, 1.165) is 17.8 Å². The minimum atomic E-state index is -1.06. The molecule has 0 radical (unpaired) electrons. The first-order valence-corrected chi connectivity index (χ1v) is 15.3. The fraction of sp³-hybridized carbons (Fsp3) is 0.452. The van der Waals surface area contributed by atoms with E-state index < -0.39 is 29.4 Å². The van der Waals surface area contributed by atoms with Gasteiger partial charge in [0.15, 0.2) is 0 Å². The molecule has 244 valence electrons. The Hall–Kier alpha value is -4.40. The Bertz CT molecular complexity index is 1580. The van der Waals surface area contributed by atoms with Crippen LogP contribution in [0.3, 0.4) is 0 Å². The molecule has 1 atom stereocenters. The Morgan fingerprint density at radius 3 is 2.35 bits per heavy atom. The Balaban J connectivity index is 1.34. The van der Waals surface area contributed by atoms with Gasteiger partial charge in [0, 0.05) is 57.0 Å². The van der Waals surface area contributed by atoms with Crippen molar-refractivity contribution in [3.63, 3.8) is 0 Å². The number of hydrogen-bond donors (Lipinski definition) is 0. The molecule has 0 aliphatic carbocycles. The standard InChI is InChI=1S/C31H37ClN8O6/c1-31(2,3)46-30(44)26(17-21-5-8-23(9-6-21)37-12-11-36(15-16-45-4)19-27(37)41)39-14-13-38(28(42)29(39)43)25-18-22(32)7-10-24(25)40-20-33-34-35-40/h5-10,18,20,26H,11-17,19H2,1-4H3/t26-/m0/s1. The summed E-state index contributed by atoms with van der Waals surface area (Å²) in [6.07, 6.45) is 1.48. The zero-order valence-electron chi connectivity index (χ0n) is 26.3. The molecule has 14 nitrogen and oxygen atoms in total. The van der Waals surface area contributed by atoms with Gasteiger partial charge in [0.2, 0.25) is 5.91 Å². The van der Waals surface area contributed by atoms with Crippen LogP contribution in [-0.2, 0) is 35.1 Å². The molecule has 5 rings (SSSR count). The number of carbonyl (C=O) groups is 4. The molecule has 3 heterocycles. The van der Waals surface area contributed by atoms with Crippen LogP contribution in [-0.4, -0.2) is 118 Å². The molecular formula is C31H37ClN8O6. The molecule has 2 aliphatic heterocycles. The molecule has 0 spiro atoms. The summed E-state index contributed by atoms with van der Waals surface area (Å²) >= 11 is 6.26. The molecule has 0 saturated carbocycles. The largest absolute Gasteiger partial charge is 0.458 e. The number of halogens is 1. The van der Waals surface area contributed by atoms with Crippen molar-refractivity contribution >= 4 is 46.7 Å². The van der Waals surface area contributed by atoms with E-state index in [0.29, 0.717) is 42.6 Å². The third-order valence-corrected chi connectivity index (χ3v) is 7.96. The smallest absolute Gasteiger partial charge is 0.329 e. The summed E-state index contributed by atoms with van der Waals surface area (Å²) in [6, 6.07) is 11.1. The first-order valence-electron chi connectivity index (χ1n) is 14.9. The molecule has 2 saturated heterocycles. The first kappa shape index (κ1) is 33.0. The topological polar surface area (TPSA) is 143 Å². The van der Waals surface area contributed by atoms with E-state index in [1.54, 1.807) is 51.0 Å². The monoisotopic (exact) mass is 652 g/mol. The maximum atomic E-state index is 13.7. The number of nitrogens with zero attached hydrogens (tertiary/aromatic N) is 8. The molecule has 0 N–H and O–H groups in total. The first-order chi connectivity index (χ1) is 21.9. The Morgan fingerprint density at radius 1 is 0.957 bits per heavy atom. The van der Waals surface area contributed by atoms with Crippen LogP contribution >= 0.6 is 11.6 Å². The van der Waals surface area contributed by atoms with Crippen molar-refractivity contribution in [1.29, 1.82) is 0 Å². The molecule has 46 heavy (non-hydrogen) atoms. The minimum Gasteiger partial charge on any atom is -0.458 e. The number of ether oxygens (including phenoxy) is 2. The van der Waals surface area contributed by atoms with Crippen LogP contribution in [0.2, 0.25) is 5.02 Å². The number of tetrazole rings is 1. The van der Waals surface area contributed by atoms with Crippen molar-refractivity contribution in [2.45, 2.75) is 38.8 Å². The van der Waals surface area contributed by atoms with Crippen molar-refractivity contribution in [3.8, 4) is 5.69 Å². The number of methoxy groups -OCH3 is 1. The summed E-state index contributed by atoms with van der Waals surface area (Å²) in [7, 11) is 1.64. The maximum Gasteiger partial charge on any atom is 0.329 e. The lowest BCUT2D eigenvalue weighted by Gasteiger charge is -2.38. The molecule has 1 aromatic heterocycles. The van der Waals surface area contributed by atoms with Gasteiger partial charge in [-0.3, -0.25) is 19.3 Å². The van der Waals surface area contributed by atoms with Crippen molar-refractivity contribution in [1.82, 2.24) is 30.0 Å². The molecule has 3 amide bonds. The van der Waals surface area contributed by atoms with E-state index >= 15 is 0 Å². The number of piperazine rings is 2. The molecule has 0 bridgehead atoms. The second kappa shape index (κ2) is 13.9. The number of anilines is 2. The highest BCUT2D eigenvalue weighted by Crippen LogP contribution is 2.30. The van der Waals surface area contributed by atoms with Gasteiger partial charge in [0.05, 0.1) is 24.5 Å². The average molecular weight is 653 g/mol. The van der Waals surface area contributed by atoms with Crippen LogP contribution in [0.15, 0.2) is 48.8 Å². The van der Waals surface area contributed by atoms with Crippen molar-refractivity contribution < 1.29 is 28.7 Å². The normalized spacial score (nSPS) is 17.1. The lowest BCUT2D eigenvalue weighted by Crippen LogP contribution is -2.60. The van der Waals surface area contributed by atoms with E-state index in [-0.39, 0.29) is 25.4 Å². The van der Waals surface area contributed by atoms with Crippen LogP contribution in [0.1, 0.15) is 26.3 Å².